The summed E-state index contributed by atoms with van der Waals surface area (Å²) in [5.74, 6) is 0.375. The van der Waals surface area contributed by atoms with Crippen molar-refractivity contribution < 1.29 is 38.1 Å². The maximum atomic E-state index is 11.8. The van der Waals surface area contributed by atoms with Crippen LogP contribution in [-0.4, -0.2) is 82.7 Å². The van der Waals surface area contributed by atoms with Crippen molar-refractivity contribution in [1.82, 2.24) is 5.32 Å². The van der Waals surface area contributed by atoms with E-state index in [-0.39, 0.29) is 30.7 Å². The molecule has 0 saturated carbocycles. The normalized spacial score (nSPS) is 10.9. The van der Waals surface area contributed by atoms with Crippen molar-refractivity contribution >= 4 is 23.3 Å². The molecule has 0 aliphatic carbocycles. The van der Waals surface area contributed by atoms with E-state index in [0.29, 0.717) is 84.1 Å². The lowest BCUT2D eigenvalue weighted by molar-refractivity contribution is -0.125. The highest BCUT2D eigenvalue weighted by atomic mass is 16.5. The van der Waals surface area contributed by atoms with E-state index in [1.54, 1.807) is 0 Å². The number of ether oxygens (including phenoxy) is 4. The zero-order chi connectivity index (χ0) is 26.0. The molecule has 9 heteroatoms. The highest BCUT2D eigenvalue weighted by Crippen LogP contribution is 2.09. The molecule has 0 aromatic heterocycles. The zero-order valence-corrected chi connectivity index (χ0v) is 21.9. The maximum absolute atomic E-state index is 11.8. The molecule has 0 spiro atoms. The summed E-state index contributed by atoms with van der Waals surface area (Å²) < 4.78 is 21.1. The fourth-order valence-corrected chi connectivity index (χ4v) is 3.13. The minimum Gasteiger partial charge on any atom is -0.379 e. The number of Topliss-reactive ketones (excluding diaryl/α,β-unsaturated/α-hetero) is 3. The number of amides is 1. The molecule has 1 N–H and O–H groups in total. The Balaban J connectivity index is 3.30. The van der Waals surface area contributed by atoms with Crippen LogP contribution in [-0.2, 0) is 38.1 Å². The van der Waals surface area contributed by atoms with Crippen molar-refractivity contribution in [2.75, 3.05) is 59.4 Å². The predicted octanol–water partition coefficient (Wildman–Crippen LogP) is 3.21. The van der Waals surface area contributed by atoms with E-state index >= 15 is 0 Å². The molecule has 35 heavy (non-hydrogen) atoms. The Bertz CT molecular complexity index is 568. The van der Waals surface area contributed by atoms with Gasteiger partial charge in [-0.25, -0.2) is 0 Å². The minimum absolute atomic E-state index is 0.0142. The molecular formula is C26H47NO8. The highest BCUT2D eigenvalue weighted by Gasteiger charge is 2.04. The molecule has 204 valence electrons. The van der Waals surface area contributed by atoms with Crippen molar-refractivity contribution in [1.29, 1.82) is 0 Å². The van der Waals surface area contributed by atoms with E-state index in [1.165, 1.54) is 6.92 Å². The topological polar surface area (TPSA) is 117 Å². The van der Waals surface area contributed by atoms with E-state index in [9.17, 15) is 19.2 Å². The quantitative estimate of drug-likeness (QED) is 0.171. The third-order valence-corrected chi connectivity index (χ3v) is 5.13. The van der Waals surface area contributed by atoms with Crippen LogP contribution in [0.25, 0.3) is 0 Å². The first-order chi connectivity index (χ1) is 17.0. The molecule has 0 saturated heterocycles. The molecule has 0 rings (SSSR count). The van der Waals surface area contributed by atoms with Crippen LogP contribution in [0.1, 0.15) is 84.5 Å². The molecule has 0 heterocycles. The van der Waals surface area contributed by atoms with Gasteiger partial charge in [-0.3, -0.25) is 19.2 Å². The summed E-state index contributed by atoms with van der Waals surface area (Å²) in [4.78, 5) is 45.4. The van der Waals surface area contributed by atoms with E-state index in [0.717, 1.165) is 38.5 Å². The lowest BCUT2D eigenvalue weighted by Gasteiger charge is -2.07. The van der Waals surface area contributed by atoms with Crippen LogP contribution in [0.2, 0.25) is 0 Å². The lowest BCUT2D eigenvalue weighted by atomic mass is 10.1. The molecule has 0 aromatic rings. The van der Waals surface area contributed by atoms with Crippen molar-refractivity contribution in [3.63, 3.8) is 0 Å². The molecule has 0 aliphatic rings. The van der Waals surface area contributed by atoms with Crippen LogP contribution < -0.4 is 5.32 Å². The minimum atomic E-state index is -0.0183. The zero-order valence-electron chi connectivity index (χ0n) is 21.9. The number of carbonyl (C=O) groups excluding carboxylic acids is 4. The van der Waals surface area contributed by atoms with E-state index in [1.807, 2.05) is 6.92 Å². The first-order valence-corrected chi connectivity index (χ1v) is 13.1. The van der Waals surface area contributed by atoms with Gasteiger partial charge in [0.05, 0.1) is 33.0 Å². The number of unbranched alkanes of at least 4 members (excludes halogenated alkanes) is 5. The maximum Gasteiger partial charge on any atom is 0.220 e. The Hall–Kier alpha value is -1.68. The van der Waals surface area contributed by atoms with E-state index in [2.05, 4.69) is 5.32 Å². The smallest absolute Gasteiger partial charge is 0.220 e. The number of rotatable bonds is 27. The molecule has 0 aromatic carbocycles. The number of carbonyl (C=O) groups is 4. The lowest BCUT2D eigenvalue weighted by Crippen LogP contribution is -2.27. The van der Waals surface area contributed by atoms with Crippen molar-refractivity contribution in [2.24, 2.45) is 0 Å². The first kappa shape index (κ1) is 33.3. The van der Waals surface area contributed by atoms with Gasteiger partial charge in [-0.05, 0) is 26.2 Å². The largest absolute Gasteiger partial charge is 0.379 e. The van der Waals surface area contributed by atoms with Crippen LogP contribution in [0.3, 0.4) is 0 Å². The summed E-state index contributed by atoms with van der Waals surface area (Å²) in [6, 6.07) is 0. The van der Waals surface area contributed by atoms with Gasteiger partial charge in [0.1, 0.15) is 19.0 Å². The fourth-order valence-electron chi connectivity index (χ4n) is 3.13. The molecule has 0 aliphatic heterocycles. The molecule has 0 fully saturated rings. The summed E-state index contributed by atoms with van der Waals surface area (Å²) in [6.07, 6.45) is 9.07. The van der Waals surface area contributed by atoms with Crippen LogP contribution in [0.5, 0.6) is 0 Å². The monoisotopic (exact) mass is 501 g/mol. The van der Waals surface area contributed by atoms with Gasteiger partial charge >= 0.3 is 0 Å². The summed E-state index contributed by atoms with van der Waals surface area (Å²) in [7, 11) is 0. The Morgan fingerprint density at radius 3 is 1.77 bits per heavy atom. The molecule has 9 nitrogen and oxygen atoms in total. The third-order valence-electron chi connectivity index (χ3n) is 5.13. The molecular weight excluding hydrogens is 454 g/mol. The van der Waals surface area contributed by atoms with Gasteiger partial charge in [-0.2, -0.15) is 0 Å². The number of hydrogen-bond acceptors (Lipinski definition) is 8. The average Bonchev–Trinajstić information content (AvgIpc) is 2.83. The second-order valence-corrected chi connectivity index (χ2v) is 8.54. The Morgan fingerprint density at radius 1 is 0.571 bits per heavy atom. The van der Waals surface area contributed by atoms with Gasteiger partial charge < -0.3 is 24.3 Å². The summed E-state index contributed by atoms with van der Waals surface area (Å²) in [5, 5.41) is 2.84. The van der Waals surface area contributed by atoms with Gasteiger partial charge in [0, 0.05) is 38.8 Å². The first-order valence-electron chi connectivity index (χ1n) is 13.1. The second-order valence-electron chi connectivity index (χ2n) is 8.54. The van der Waals surface area contributed by atoms with Crippen LogP contribution in [0.15, 0.2) is 0 Å². The van der Waals surface area contributed by atoms with Crippen molar-refractivity contribution in [3.05, 3.63) is 0 Å². The van der Waals surface area contributed by atoms with Crippen molar-refractivity contribution in [2.45, 2.75) is 84.5 Å². The van der Waals surface area contributed by atoms with Gasteiger partial charge in [0.15, 0.2) is 11.6 Å². The Kier molecular flexibility index (Phi) is 24.2. The van der Waals surface area contributed by atoms with Gasteiger partial charge in [0.25, 0.3) is 0 Å². The van der Waals surface area contributed by atoms with E-state index in [4.69, 9.17) is 18.9 Å². The molecule has 1 amide bonds. The van der Waals surface area contributed by atoms with Crippen LogP contribution in [0, 0.1) is 0 Å². The van der Waals surface area contributed by atoms with Crippen LogP contribution in [0.4, 0.5) is 0 Å². The van der Waals surface area contributed by atoms with Gasteiger partial charge in [0.2, 0.25) is 5.91 Å². The molecule has 0 radical (unpaired) electrons. The fraction of sp³-hybridized carbons (Fsp3) is 0.846. The summed E-state index contributed by atoms with van der Waals surface area (Å²) >= 11 is 0. The standard InChI is InChI=1S/C26H47NO8/c1-3-24(29)11-8-6-4-5-7-9-13-26(31)27-14-16-33-18-20-35-22-25(30)12-10-15-32-17-19-34-21-23(2)28/h3-22H2,1-2H3,(H,27,31). The van der Waals surface area contributed by atoms with Crippen molar-refractivity contribution in [3.8, 4) is 0 Å². The molecule has 0 unspecified atom stereocenters. The van der Waals surface area contributed by atoms with Gasteiger partial charge in [-0.1, -0.05) is 32.6 Å². The molecule has 0 bridgehead atoms. The average molecular weight is 502 g/mol. The van der Waals surface area contributed by atoms with Crippen LogP contribution >= 0.6 is 0 Å². The number of ketones is 3. The Labute approximate surface area is 211 Å². The third kappa shape index (κ3) is 26.8. The number of nitrogens with one attached hydrogen (secondary N) is 1. The highest BCUT2D eigenvalue weighted by molar-refractivity contribution is 5.79. The summed E-state index contributed by atoms with van der Waals surface area (Å²) in [5.41, 5.74) is 0. The Morgan fingerprint density at radius 2 is 1.11 bits per heavy atom. The van der Waals surface area contributed by atoms with Gasteiger partial charge in [-0.15, -0.1) is 0 Å². The van der Waals surface area contributed by atoms with E-state index < -0.39 is 0 Å². The molecule has 0 atom stereocenters. The second kappa shape index (κ2) is 25.4. The summed E-state index contributed by atoms with van der Waals surface area (Å²) in [6.45, 7) is 6.33. The number of hydrogen-bond donors (Lipinski definition) is 1. The predicted molar refractivity (Wildman–Crippen MR) is 133 cm³/mol. The SMILES string of the molecule is CCC(=O)CCCCCCCCC(=O)NCCOCCOCC(=O)CCCOCCOCC(C)=O.